The van der Waals surface area contributed by atoms with Crippen molar-refractivity contribution in [3.05, 3.63) is 51.0 Å². The van der Waals surface area contributed by atoms with Gasteiger partial charge in [0.25, 0.3) is 0 Å². The van der Waals surface area contributed by atoms with E-state index in [4.69, 9.17) is 4.98 Å². The van der Waals surface area contributed by atoms with Crippen LogP contribution in [0.3, 0.4) is 0 Å². The number of thiazole rings is 1. The van der Waals surface area contributed by atoms with Crippen molar-refractivity contribution in [1.82, 2.24) is 10.3 Å². The summed E-state index contributed by atoms with van der Waals surface area (Å²) in [5, 5.41) is 6.94. The molecule has 0 aliphatic rings. The Morgan fingerprint density at radius 1 is 1.25 bits per heavy atom. The van der Waals surface area contributed by atoms with Crippen molar-refractivity contribution < 1.29 is 0 Å². The Hall–Kier alpha value is -1.19. The Morgan fingerprint density at radius 3 is 2.60 bits per heavy atom. The van der Waals surface area contributed by atoms with Gasteiger partial charge in [-0.15, -0.1) is 11.3 Å². The van der Waals surface area contributed by atoms with Gasteiger partial charge in [0.1, 0.15) is 5.01 Å². The maximum Gasteiger partial charge on any atom is 0.114 e. The molecular weight excluding hydrogens is 264 g/mol. The normalized spacial score (nSPS) is 12.9. The number of hydrogen-bond donors (Lipinski definition) is 1. The van der Waals surface area contributed by atoms with Crippen molar-refractivity contribution in [3.63, 3.8) is 0 Å². The van der Waals surface area contributed by atoms with Crippen LogP contribution in [0.15, 0.2) is 23.6 Å². The van der Waals surface area contributed by atoms with Gasteiger partial charge in [0.05, 0.1) is 11.7 Å². The van der Waals surface area contributed by atoms with Crippen LogP contribution in [0.2, 0.25) is 0 Å². The molecular formula is C17H24N2S. The Labute approximate surface area is 126 Å². The van der Waals surface area contributed by atoms with Crippen molar-refractivity contribution in [1.29, 1.82) is 0 Å². The fourth-order valence-electron chi connectivity index (χ4n) is 2.30. The summed E-state index contributed by atoms with van der Waals surface area (Å²) in [4.78, 5) is 4.83. The molecule has 1 unspecified atom stereocenters. The number of rotatable bonds is 5. The number of aromatic nitrogens is 1. The van der Waals surface area contributed by atoms with E-state index in [1.54, 1.807) is 11.3 Å². The highest BCUT2D eigenvalue weighted by atomic mass is 32.1. The smallest absolute Gasteiger partial charge is 0.114 e. The lowest BCUT2D eigenvalue weighted by Gasteiger charge is -2.19. The van der Waals surface area contributed by atoms with Gasteiger partial charge in [0.2, 0.25) is 0 Å². The first-order valence-corrected chi connectivity index (χ1v) is 8.16. The van der Waals surface area contributed by atoms with Gasteiger partial charge in [-0.2, -0.15) is 0 Å². The summed E-state index contributed by atoms with van der Waals surface area (Å²) in [6.07, 6.45) is 0. The van der Waals surface area contributed by atoms with E-state index in [0.717, 1.165) is 6.54 Å². The summed E-state index contributed by atoms with van der Waals surface area (Å²) in [6, 6.07) is 6.85. The molecule has 0 saturated carbocycles. The lowest BCUT2D eigenvalue weighted by Crippen LogP contribution is -2.22. The number of hydrogen-bond acceptors (Lipinski definition) is 3. The van der Waals surface area contributed by atoms with Crippen LogP contribution in [0, 0.1) is 13.8 Å². The first-order chi connectivity index (χ1) is 9.52. The molecule has 0 spiro atoms. The Bertz CT molecular complexity index is 572. The van der Waals surface area contributed by atoms with Crippen LogP contribution >= 0.6 is 11.3 Å². The molecule has 1 N–H and O–H groups in total. The second kappa shape index (κ2) is 6.51. The third kappa shape index (κ3) is 3.28. The molecule has 3 heteroatoms. The second-order valence-corrected chi connectivity index (χ2v) is 6.51. The molecule has 0 aliphatic carbocycles. The molecule has 1 aromatic carbocycles. The third-order valence-electron chi connectivity index (χ3n) is 3.53. The van der Waals surface area contributed by atoms with Gasteiger partial charge in [0, 0.05) is 5.38 Å². The highest BCUT2D eigenvalue weighted by Gasteiger charge is 2.19. The van der Waals surface area contributed by atoms with Crippen molar-refractivity contribution in [2.24, 2.45) is 0 Å². The first kappa shape index (κ1) is 15.2. The van der Waals surface area contributed by atoms with Crippen molar-refractivity contribution in [2.45, 2.75) is 46.6 Å². The van der Waals surface area contributed by atoms with Gasteiger partial charge < -0.3 is 5.32 Å². The molecule has 0 fully saturated rings. The summed E-state index contributed by atoms with van der Waals surface area (Å²) in [5.41, 5.74) is 5.16. The minimum atomic E-state index is 0.206. The molecule has 2 nitrogen and oxygen atoms in total. The summed E-state index contributed by atoms with van der Waals surface area (Å²) < 4.78 is 0. The molecule has 2 rings (SSSR count). The van der Waals surface area contributed by atoms with Crippen molar-refractivity contribution in [2.75, 3.05) is 6.54 Å². The fraction of sp³-hybridized carbons (Fsp3) is 0.471. The number of benzene rings is 1. The van der Waals surface area contributed by atoms with E-state index in [1.807, 2.05) is 0 Å². The maximum atomic E-state index is 4.83. The molecule has 0 saturated heterocycles. The second-order valence-electron chi connectivity index (χ2n) is 5.62. The molecule has 0 aliphatic heterocycles. The van der Waals surface area contributed by atoms with Crippen LogP contribution in [-0.2, 0) is 0 Å². The minimum absolute atomic E-state index is 0.206. The Morgan fingerprint density at radius 2 is 2.00 bits per heavy atom. The lowest BCUT2D eigenvalue weighted by molar-refractivity contribution is 0.620. The van der Waals surface area contributed by atoms with E-state index >= 15 is 0 Å². The molecule has 0 radical (unpaired) electrons. The van der Waals surface area contributed by atoms with E-state index in [1.165, 1.54) is 27.4 Å². The van der Waals surface area contributed by atoms with Crippen LogP contribution in [0.5, 0.6) is 0 Å². The van der Waals surface area contributed by atoms with Gasteiger partial charge in [0.15, 0.2) is 0 Å². The van der Waals surface area contributed by atoms with Crippen LogP contribution in [0.4, 0.5) is 0 Å². The molecule has 1 aromatic heterocycles. The van der Waals surface area contributed by atoms with Crippen LogP contribution in [0.1, 0.15) is 60.1 Å². The fourth-order valence-corrected chi connectivity index (χ4v) is 3.37. The predicted molar refractivity (Wildman–Crippen MR) is 87.6 cm³/mol. The molecule has 2 aromatic rings. The lowest BCUT2D eigenvalue weighted by atomic mass is 9.99. The molecule has 1 atom stereocenters. The summed E-state index contributed by atoms with van der Waals surface area (Å²) in [6.45, 7) is 11.8. The van der Waals surface area contributed by atoms with Crippen molar-refractivity contribution >= 4 is 11.3 Å². The zero-order valence-corrected chi connectivity index (χ0v) is 13.8. The van der Waals surface area contributed by atoms with Crippen LogP contribution in [0.25, 0.3) is 0 Å². The van der Waals surface area contributed by atoms with E-state index in [0.29, 0.717) is 5.92 Å². The first-order valence-electron chi connectivity index (χ1n) is 7.28. The molecule has 0 amide bonds. The van der Waals surface area contributed by atoms with Gasteiger partial charge in [-0.3, -0.25) is 0 Å². The Kier molecular flexibility index (Phi) is 4.95. The topological polar surface area (TPSA) is 24.9 Å². The number of nitrogens with zero attached hydrogens (tertiary/aromatic N) is 1. The van der Waals surface area contributed by atoms with Gasteiger partial charge in [-0.05, 0) is 37.4 Å². The molecule has 108 valence electrons. The number of aryl methyl sites for hydroxylation is 2. The highest BCUT2D eigenvalue weighted by molar-refractivity contribution is 7.09. The number of nitrogens with one attached hydrogen (secondary N) is 1. The van der Waals surface area contributed by atoms with Crippen LogP contribution < -0.4 is 5.32 Å². The molecule has 20 heavy (non-hydrogen) atoms. The van der Waals surface area contributed by atoms with E-state index < -0.39 is 0 Å². The monoisotopic (exact) mass is 288 g/mol. The SMILES string of the molecule is CCNC(c1nc(C(C)C)cs1)c1cc(C)ccc1C. The third-order valence-corrected chi connectivity index (χ3v) is 4.46. The van der Waals surface area contributed by atoms with E-state index in [9.17, 15) is 0 Å². The standard InChI is InChI=1S/C17H24N2S/c1-6-18-16(14-9-12(4)7-8-13(14)5)17-19-15(10-20-17)11(2)3/h7-11,16,18H,6H2,1-5H3. The van der Waals surface area contributed by atoms with Crippen LogP contribution in [-0.4, -0.2) is 11.5 Å². The highest BCUT2D eigenvalue weighted by Crippen LogP contribution is 2.29. The largest absolute Gasteiger partial charge is 0.305 e. The van der Waals surface area contributed by atoms with Gasteiger partial charge >= 0.3 is 0 Å². The predicted octanol–water partition coefficient (Wildman–Crippen LogP) is 4.58. The summed E-state index contributed by atoms with van der Waals surface area (Å²) in [7, 11) is 0. The van der Waals surface area contributed by atoms with Gasteiger partial charge in [-0.1, -0.05) is 44.5 Å². The average Bonchev–Trinajstić information content (AvgIpc) is 2.89. The quantitative estimate of drug-likeness (QED) is 0.871. The van der Waals surface area contributed by atoms with Crippen molar-refractivity contribution in [3.8, 4) is 0 Å². The van der Waals surface area contributed by atoms with Gasteiger partial charge in [-0.25, -0.2) is 4.98 Å². The molecule has 0 bridgehead atoms. The summed E-state index contributed by atoms with van der Waals surface area (Å²) >= 11 is 1.76. The van der Waals surface area contributed by atoms with E-state index in [-0.39, 0.29) is 6.04 Å². The zero-order valence-electron chi connectivity index (χ0n) is 13.0. The zero-order chi connectivity index (χ0) is 14.7. The minimum Gasteiger partial charge on any atom is -0.305 e. The summed E-state index contributed by atoms with van der Waals surface area (Å²) in [5.74, 6) is 0.487. The van der Waals surface area contributed by atoms with E-state index in [2.05, 4.69) is 63.5 Å². The Balaban J connectivity index is 2.41. The molecule has 1 heterocycles. The average molecular weight is 288 g/mol. The maximum absolute atomic E-state index is 4.83.